The Hall–Kier alpha value is -3.86. The molecule has 0 heterocycles. The monoisotopic (exact) mass is 384 g/mol. The topological polar surface area (TPSA) is 70.9 Å². The Morgan fingerprint density at radius 3 is 2.48 bits per heavy atom. The summed E-state index contributed by atoms with van der Waals surface area (Å²) in [6.45, 7) is 1.66. The highest BCUT2D eigenvalue weighted by Gasteiger charge is 2.14. The number of carbonyl (C=O) groups is 1. The SMILES string of the molecule is C[C@H](Oc1ccc2ccccc2c1)C(=O)N/N=C/c1c(O)ccc2ccccc12. The average molecular weight is 384 g/mol. The molecular formula is C24H20N2O3. The van der Waals surface area contributed by atoms with E-state index < -0.39 is 6.10 Å². The average Bonchev–Trinajstić information content (AvgIpc) is 2.75. The van der Waals surface area contributed by atoms with E-state index in [9.17, 15) is 9.90 Å². The highest BCUT2D eigenvalue weighted by atomic mass is 16.5. The van der Waals surface area contributed by atoms with Gasteiger partial charge in [0.25, 0.3) is 5.91 Å². The van der Waals surface area contributed by atoms with Crippen LogP contribution in [0.2, 0.25) is 0 Å². The van der Waals surface area contributed by atoms with Crippen LogP contribution in [0, 0.1) is 0 Å². The Morgan fingerprint density at radius 1 is 0.966 bits per heavy atom. The first-order valence-electron chi connectivity index (χ1n) is 9.31. The second kappa shape index (κ2) is 8.02. The molecule has 144 valence electrons. The van der Waals surface area contributed by atoms with Gasteiger partial charge in [-0.25, -0.2) is 5.43 Å². The number of ether oxygens (including phenoxy) is 1. The molecule has 0 aromatic heterocycles. The van der Waals surface area contributed by atoms with Crippen molar-refractivity contribution in [2.24, 2.45) is 5.10 Å². The van der Waals surface area contributed by atoms with Crippen LogP contribution >= 0.6 is 0 Å². The Kier molecular flexibility index (Phi) is 5.12. The Balaban J connectivity index is 1.44. The van der Waals surface area contributed by atoms with Crippen molar-refractivity contribution in [2.45, 2.75) is 13.0 Å². The summed E-state index contributed by atoms with van der Waals surface area (Å²) in [7, 11) is 0. The minimum Gasteiger partial charge on any atom is -0.507 e. The van der Waals surface area contributed by atoms with Gasteiger partial charge in [-0.05, 0) is 46.7 Å². The van der Waals surface area contributed by atoms with Crippen LogP contribution in [-0.4, -0.2) is 23.3 Å². The number of hydrazone groups is 1. The van der Waals surface area contributed by atoms with Crippen LogP contribution in [-0.2, 0) is 4.79 Å². The Labute approximate surface area is 168 Å². The van der Waals surface area contributed by atoms with Gasteiger partial charge in [0.1, 0.15) is 11.5 Å². The molecule has 0 bridgehead atoms. The molecule has 0 saturated heterocycles. The molecule has 0 aliphatic carbocycles. The summed E-state index contributed by atoms with van der Waals surface area (Å²) in [6, 6.07) is 24.7. The van der Waals surface area contributed by atoms with Gasteiger partial charge in [-0.2, -0.15) is 5.10 Å². The number of hydrogen-bond donors (Lipinski definition) is 2. The fraction of sp³-hybridized carbons (Fsp3) is 0.0833. The van der Waals surface area contributed by atoms with Gasteiger partial charge >= 0.3 is 0 Å². The Morgan fingerprint density at radius 2 is 1.66 bits per heavy atom. The van der Waals surface area contributed by atoms with Crippen LogP contribution in [0.4, 0.5) is 0 Å². The van der Waals surface area contributed by atoms with E-state index >= 15 is 0 Å². The highest BCUT2D eigenvalue weighted by Crippen LogP contribution is 2.25. The quantitative estimate of drug-likeness (QED) is 0.390. The molecule has 0 spiro atoms. The molecular weight excluding hydrogens is 364 g/mol. The maximum Gasteiger partial charge on any atom is 0.280 e. The van der Waals surface area contributed by atoms with Crippen molar-refractivity contribution in [3.8, 4) is 11.5 Å². The smallest absolute Gasteiger partial charge is 0.280 e. The molecule has 29 heavy (non-hydrogen) atoms. The molecule has 1 atom stereocenters. The van der Waals surface area contributed by atoms with E-state index in [0.29, 0.717) is 11.3 Å². The lowest BCUT2D eigenvalue weighted by atomic mass is 10.0. The third-order valence-electron chi connectivity index (χ3n) is 4.72. The number of rotatable bonds is 5. The van der Waals surface area contributed by atoms with E-state index in [0.717, 1.165) is 21.5 Å². The molecule has 5 heteroatoms. The number of benzene rings is 4. The van der Waals surface area contributed by atoms with Crippen LogP contribution in [0.15, 0.2) is 84.0 Å². The van der Waals surface area contributed by atoms with Crippen molar-refractivity contribution in [3.05, 3.63) is 84.4 Å². The van der Waals surface area contributed by atoms with Gasteiger partial charge in [-0.3, -0.25) is 4.79 Å². The molecule has 4 aromatic carbocycles. The highest BCUT2D eigenvalue weighted by molar-refractivity contribution is 6.02. The van der Waals surface area contributed by atoms with Crippen molar-refractivity contribution in [1.82, 2.24) is 5.43 Å². The fourth-order valence-electron chi connectivity index (χ4n) is 3.17. The van der Waals surface area contributed by atoms with Crippen LogP contribution in [0.1, 0.15) is 12.5 Å². The fourth-order valence-corrected chi connectivity index (χ4v) is 3.17. The van der Waals surface area contributed by atoms with Crippen molar-refractivity contribution >= 4 is 33.7 Å². The summed E-state index contributed by atoms with van der Waals surface area (Å²) in [5, 5.41) is 18.1. The summed E-state index contributed by atoms with van der Waals surface area (Å²) in [5.74, 6) is 0.332. The number of nitrogens with zero attached hydrogens (tertiary/aromatic N) is 1. The maximum absolute atomic E-state index is 12.3. The predicted molar refractivity (Wildman–Crippen MR) is 115 cm³/mol. The van der Waals surface area contributed by atoms with Crippen molar-refractivity contribution in [2.75, 3.05) is 0 Å². The van der Waals surface area contributed by atoms with Gasteiger partial charge in [0.2, 0.25) is 0 Å². The Bertz CT molecular complexity index is 1220. The lowest BCUT2D eigenvalue weighted by Gasteiger charge is -2.13. The third kappa shape index (κ3) is 4.04. The second-order valence-corrected chi connectivity index (χ2v) is 6.72. The molecule has 4 rings (SSSR count). The molecule has 0 aliphatic rings. The number of phenols is 1. The number of phenolic OH excluding ortho intramolecular Hbond substituents is 1. The molecule has 4 aromatic rings. The zero-order chi connectivity index (χ0) is 20.2. The van der Waals surface area contributed by atoms with Crippen LogP contribution < -0.4 is 10.2 Å². The van der Waals surface area contributed by atoms with E-state index in [1.807, 2.05) is 72.8 Å². The van der Waals surface area contributed by atoms with Gasteiger partial charge in [-0.1, -0.05) is 60.7 Å². The minimum absolute atomic E-state index is 0.0992. The summed E-state index contributed by atoms with van der Waals surface area (Å²) < 4.78 is 5.75. The van der Waals surface area contributed by atoms with Gasteiger partial charge in [0.05, 0.1) is 6.21 Å². The predicted octanol–water partition coefficient (Wildman–Crippen LogP) is 4.62. The molecule has 1 amide bonds. The van der Waals surface area contributed by atoms with Crippen molar-refractivity contribution in [3.63, 3.8) is 0 Å². The largest absolute Gasteiger partial charge is 0.507 e. The van der Waals surface area contributed by atoms with Gasteiger partial charge in [0, 0.05) is 5.56 Å². The molecule has 2 N–H and O–H groups in total. The van der Waals surface area contributed by atoms with Crippen molar-refractivity contribution < 1.29 is 14.6 Å². The normalized spacial score (nSPS) is 12.3. The number of amides is 1. The zero-order valence-corrected chi connectivity index (χ0v) is 15.9. The van der Waals surface area contributed by atoms with Gasteiger partial charge < -0.3 is 9.84 Å². The molecule has 0 saturated carbocycles. The minimum atomic E-state index is -0.727. The molecule has 5 nitrogen and oxygen atoms in total. The number of nitrogens with one attached hydrogen (secondary N) is 1. The second-order valence-electron chi connectivity index (χ2n) is 6.72. The summed E-state index contributed by atoms with van der Waals surface area (Å²) >= 11 is 0. The van der Waals surface area contributed by atoms with Gasteiger partial charge in [-0.15, -0.1) is 0 Å². The van der Waals surface area contributed by atoms with Crippen LogP contribution in [0.25, 0.3) is 21.5 Å². The zero-order valence-electron chi connectivity index (χ0n) is 15.9. The maximum atomic E-state index is 12.3. The molecule has 0 fully saturated rings. The molecule has 0 unspecified atom stereocenters. The van der Waals surface area contributed by atoms with E-state index in [-0.39, 0.29) is 11.7 Å². The van der Waals surface area contributed by atoms with E-state index in [1.54, 1.807) is 13.0 Å². The lowest BCUT2D eigenvalue weighted by Crippen LogP contribution is -2.33. The lowest BCUT2D eigenvalue weighted by molar-refractivity contribution is -0.127. The summed E-state index contributed by atoms with van der Waals surface area (Å²) in [4.78, 5) is 12.3. The van der Waals surface area contributed by atoms with Crippen molar-refractivity contribution in [1.29, 1.82) is 0 Å². The first-order chi connectivity index (χ1) is 14.1. The van der Waals surface area contributed by atoms with Crippen LogP contribution in [0.5, 0.6) is 11.5 Å². The first kappa shape index (κ1) is 18.5. The number of aromatic hydroxyl groups is 1. The van der Waals surface area contributed by atoms with E-state index in [2.05, 4.69) is 10.5 Å². The molecule has 0 aliphatic heterocycles. The van der Waals surface area contributed by atoms with E-state index in [1.165, 1.54) is 6.21 Å². The van der Waals surface area contributed by atoms with E-state index in [4.69, 9.17) is 4.74 Å². The number of hydrogen-bond acceptors (Lipinski definition) is 4. The first-order valence-corrected chi connectivity index (χ1v) is 9.31. The molecule has 0 radical (unpaired) electrons. The number of carbonyl (C=O) groups excluding carboxylic acids is 1. The standard InChI is InChI=1S/C24H20N2O3/c1-16(29-20-12-10-17-6-2-3-8-19(17)14-20)24(28)26-25-15-22-21-9-5-4-7-18(21)11-13-23(22)27/h2-16,27H,1H3,(H,26,28)/b25-15+/t16-/m0/s1. The third-order valence-corrected chi connectivity index (χ3v) is 4.72. The van der Waals surface area contributed by atoms with Gasteiger partial charge in [0.15, 0.2) is 6.10 Å². The number of fused-ring (bicyclic) bond motifs is 2. The summed E-state index contributed by atoms with van der Waals surface area (Å²) in [6.07, 6.45) is 0.715. The van der Waals surface area contributed by atoms with Crippen LogP contribution in [0.3, 0.4) is 0 Å². The summed E-state index contributed by atoms with van der Waals surface area (Å²) in [5.41, 5.74) is 3.02.